The zero-order valence-corrected chi connectivity index (χ0v) is 13.0. The zero-order valence-electron chi connectivity index (χ0n) is 12.3. The highest BCUT2D eigenvalue weighted by molar-refractivity contribution is 6.18. The summed E-state index contributed by atoms with van der Waals surface area (Å²) in [5, 5.41) is 9.71. The maximum absolute atomic E-state index is 12.2. The van der Waals surface area contributed by atoms with Crippen LogP contribution in [0.4, 0.5) is 0 Å². The summed E-state index contributed by atoms with van der Waals surface area (Å²) in [7, 11) is 1.60. The van der Waals surface area contributed by atoms with E-state index in [4.69, 9.17) is 16.3 Å². The Morgan fingerprint density at radius 1 is 1.27 bits per heavy atom. The molecule has 0 aliphatic heterocycles. The first-order valence-corrected chi connectivity index (χ1v) is 7.42. The molecule has 0 bridgehead atoms. The molecule has 0 fully saturated rings. The number of phenolic OH excluding ortho intramolecular Hbond substituents is 1. The number of allylic oxidation sites excluding steroid dienone is 1. The summed E-state index contributed by atoms with van der Waals surface area (Å²) in [4.78, 5) is 12.2. The summed E-state index contributed by atoms with van der Waals surface area (Å²) in [6.07, 6.45) is 3.76. The maximum Gasteiger partial charge on any atom is 0.185 e. The smallest absolute Gasteiger partial charge is 0.185 e. The molecule has 4 heteroatoms. The van der Waals surface area contributed by atoms with Crippen molar-refractivity contribution in [1.82, 2.24) is 0 Å². The number of carbonyl (C=O) groups excluding carboxylic acids is 1. The number of hydrogen-bond acceptors (Lipinski definition) is 3. The van der Waals surface area contributed by atoms with Gasteiger partial charge in [-0.25, -0.2) is 0 Å². The van der Waals surface area contributed by atoms with E-state index >= 15 is 0 Å². The number of ether oxygens (including phenoxy) is 1. The lowest BCUT2D eigenvalue weighted by Gasteiger charge is -2.04. The summed E-state index contributed by atoms with van der Waals surface area (Å²) >= 11 is 5.69. The van der Waals surface area contributed by atoms with E-state index in [1.165, 1.54) is 12.1 Å². The van der Waals surface area contributed by atoms with Crippen LogP contribution in [-0.2, 0) is 6.42 Å². The van der Waals surface area contributed by atoms with Crippen LogP contribution in [0.1, 0.15) is 21.5 Å². The van der Waals surface area contributed by atoms with Gasteiger partial charge in [-0.05, 0) is 54.0 Å². The number of alkyl halides is 1. The molecule has 0 saturated carbocycles. The molecular formula is C18H17ClO3. The topological polar surface area (TPSA) is 46.5 Å². The van der Waals surface area contributed by atoms with E-state index in [2.05, 4.69) is 0 Å². The highest BCUT2D eigenvalue weighted by Crippen LogP contribution is 2.20. The van der Waals surface area contributed by atoms with Gasteiger partial charge in [0.1, 0.15) is 11.5 Å². The van der Waals surface area contributed by atoms with E-state index in [9.17, 15) is 9.90 Å². The number of ketones is 1. The first kappa shape index (κ1) is 16.1. The number of benzene rings is 2. The SMILES string of the molecule is COc1cccc(/C=C/C(=O)c2ccc(O)c(CCCl)c2)c1. The number of phenols is 1. The summed E-state index contributed by atoms with van der Waals surface area (Å²) in [5.74, 6) is 1.17. The number of carbonyl (C=O) groups is 1. The molecule has 0 amide bonds. The first-order valence-electron chi connectivity index (χ1n) is 6.88. The summed E-state index contributed by atoms with van der Waals surface area (Å²) in [6.45, 7) is 0. The van der Waals surface area contributed by atoms with Crippen molar-refractivity contribution in [2.24, 2.45) is 0 Å². The van der Waals surface area contributed by atoms with Crippen molar-refractivity contribution in [3.8, 4) is 11.5 Å². The Morgan fingerprint density at radius 3 is 2.82 bits per heavy atom. The van der Waals surface area contributed by atoms with Gasteiger partial charge >= 0.3 is 0 Å². The van der Waals surface area contributed by atoms with Crippen LogP contribution in [0.25, 0.3) is 6.08 Å². The molecule has 0 atom stereocenters. The van der Waals surface area contributed by atoms with Crippen molar-refractivity contribution in [2.75, 3.05) is 13.0 Å². The standard InChI is InChI=1S/C18H17ClO3/c1-22-16-4-2-3-13(11-16)5-7-17(20)14-6-8-18(21)15(12-14)9-10-19/h2-8,11-12,21H,9-10H2,1H3/b7-5+. The number of halogens is 1. The van der Waals surface area contributed by atoms with Crippen LogP contribution in [0, 0.1) is 0 Å². The average molecular weight is 317 g/mol. The van der Waals surface area contributed by atoms with Crippen molar-refractivity contribution < 1.29 is 14.6 Å². The van der Waals surface area contributed by atoms with Gasteiger partial charge in [-0.2, -0.15) is 0 Å². The highest BCUT2D eigenvalue weighted by atomic mass is 35.5. The molecule has 1 N–H and O–H groups in total. The van der Waals surface area contributed by atoms with E-state index in [0.29, 0.717) is 23.4 Å². The maximum atomic E-state index is 12.2. The van der Waals surface area contributed by atoms with E-state index in [0.717, 1.165) is 11.3 Å². The minimum absolute atomic E-state index is 0.126. The molecule has 0 aromatic heterocycles. The first-order chi connectivity index (χ1) is 10.6. The molecule has 0 saturated heterocycles. The van der Waals surface area contributed by atoms with E-state index in [-0.39, 0.29) is 11.5 Å². The number of aromatic hydroxyl groups is 1. The molecule has 2 rings (SSSR count). The Kier molecular flexibility index (Phi) is 5.61. The second kappa shape index (κ2) is 7.66. The molecule has 2 aromatic rings. The van der Waals surface area contributed by atoms with Crippen LogP contribution in [0.3, 0.4) is 0 Å². The zero-order chi connectivity index (χ0) is 15.9. The fourth-order valence-corrected chi connectivity index (χ4v) is 2.26. The molecule has 0 heterocycles. The second-order valence-electron chi connectivity index (χ2n) is 4.76. The van der Waals surface area contributed by atoms with E-state index in [1.54, 1.807) is 25.3 Å². The van der Waals surface area contributed by atoms with Crippen LogP contribution >= 0.6 is 11.6 Å². The number of rotatable bonds is 6. The predicted octanol–water partition coefficient (Wildman–Crippen LogP) is 4.08. The Morgan fingerprint density at radius 2 is 2.09 bits per heavy atom. The molecular weight excluding hydrogens is 300 g/mol. The molecule has 3 nitrogen and oxygen atoms in total. The quantitative estimate of drug-likeness (QED) is 0.496. The van der Waals surface area contributed by atoms with Gasteiger partial charge in [-0.15, -0.1) is 11.6 Å². The normalized spacial score (nSPS) is 10.8. The Labute approximate surface area is 134 Å². The molecule has 22 heavy (non-hydrogen) atoms. The van der Waals surface area contributed by atoms with Crippen molar-refractivity contribution in [3.63, 3.8) is 0 Å². The van der Waals surface area contributed by atoms with Crippen LogP contribution in [0.15, 0.2) is 48.5 Å². The minimum atomic E-state index is -0.126. The average Bonchev–Trinajstić information content (AvgIpc) is 2.55. The van der Waals surface area contributed by atoms with Crippen LogP contribution < -0.4 is 4.74 Å². The molecule has 0 aliphatic rings. The van der Waals surface area contributed by atoms with Crippen LogP contribution in [-0.4, -0.2) is 23.9 Å². The third kappa shape index (κ3) is 4.12. The summed E-state index contributed by atoms with van der Waals surface area (Å²) in [5.41, 5.74) is 2.08. The molecule has 0 radical (unpaired) electrons. The number of hydrogen-bond donors (Lipinski definition) is 1. The Bertz CT molecular complexity index is 692. The van der Waals surface area contributed by atoms with E-state index < -0.39 is 0 Å². The molecule has 0 unspecified atom stereocenters. The fraction of sp³-hybridized carbons (Fsp3) is 0.167. The van der Waals surface area contributed by atoms with Crippen LogP contribution in [0.5, 0.6) is 11.5 Å². The third-order valence-corrected chi connectivity index (χ3v) is 3.44. The van der Waals surface area contributed by atoms with Gasteiger partial charge in [0, 0.05) is 11.4 Å². The van der Waals surface area contributed by atoms with Gasteiger partial charge in [0.05, 0.1) is 7.11 Å². The number of methoxy groups -OCH3 is 1. The van der Waals surface area contributed by atoms with Gasteiger partial charge in [0.2, 0.25) is 0 Å². The summed E-state index contributed by atoms with van der Waals surface area (Å²) in [6, 6.07) is 12.2. The molecule has 0 spiro atoms. The number of aryl methyl sites for hydroxylation is 1. The highest BCUT2D eigenvalue weighted by Gasteiger charge is 2.07. The lowest BCUT2D eigenvalue weighted by molar-refractivity contribution is 0.104. The van der Waals surface area contributed by atoms with Gasteiger partial charge < -0.3 is 9.84 Å². The van der Waals surface area contributed by atoms with Gasteiger partial charge in [-0.3, -0.25) is 4.79 Å². The summed E-state index contributed by atoms with van der Waals surface area (Å²) < 4.78 is 5.14. The fourth-order valence-electron chi connectivity index (χ4n) is 2.05. The Balaban J connectivity index is 2.17. The van der Waals surface area contributed by atoms with Crippen molar-refractivity contribution in [1.29, 1.82) is 0 Å². The lowest BCUT2D eigenvalue weighted by atomic mass is 10.0. The molecule has 114 valence electrons. The van der Waals surface area contributed by atoms with Gasteiger partial charge in [0.25, 0.3) is 0 Å². The largest absolute Gasteiger partial charge is 0.508 e. The third-order valence-electron chi connectivity index (χ3n) is 3.25. The monoisotopic (exact) mass is 316 g/mol. The van der Waals surface area contributed by atoms with Gasteiger partial charge in [-0.1, -0.05) is 18.2 Å². The molecule has 0 aliphatic carbocycles. The minimum Gasteiger partial charge on any atom is -0.508 e. The van der Waals surface area contributed by atoms with Crippen LogP contribution in [0.2, 0.25) is 0 Å². The van der Waals surface area contributed by atoms with Crippen molar-refractivity contribution >= 4 is 23.5 Å². The predicted molar refractivity (Wildman–Crippen MR) is 88.9 cm³/mol. The second-order valence-corrected chi connectivity index (χ2v) is 5.13. The lowest BCUT2D eigenvalue weighted by Crippen LogP contribution is -1.97. The van der Waals surface area contributed by atoms with Gasteiger partial charge in [0.15, 0.2) is 5.78 Å². The van der Waals surface area contributed by atoms with E-state index in [1.807, 2.05) is 24.3 Å². The van der Waals surface area contributed by atoms with Crippen molar-refractivity contribution in [2.45, 2.75) is 6.42 Å². The van der Waals surface area contributed by atoms with Crippen molar-refractivity contribution in [3.05, 3.63) is 65.2 Å². The molecule has 2 aromatic carbocycles. The Hall–Kier alpha value is -2.26.